The maximum absolute atomic E-state index is 12.9. The van der Waals surface area contributed by atoms with Crippen molar-refractivity contribution in [1.29, 1.82) is 0 Å². The molecule has 1 aliphatic heterocycles. The Bertz CT molecular complexity index is 1100. The number of thioether (sulfide) groups is 1. The number of anilines is 2. The fraction of sp³-hybridized carbons (Fsp3) is 0.217. The molecule has 1 aliphatic rings. The van der Waals surface area contributed by atoms with E-state index in [1.165, 1.54) is 0 Å². The van der Waals surface area contributed by atoms with Crippen molar-refractivity contribution >= 4 is 35.1 Å². The topological polar surface area (TPSA) is 87.2 Å². The monoisotopic (exact) mass is 433 g/mol. The minimum Gasteiger partial charge on any atom is -0.346 e. The van der Waals surface area contributed by atoms with Gasteiger partial charge in [-0.15, -0.1) is 11.8 Å². The van der Waals surface area contributed by atoms with Crippen LogP contribution in [0.5, 0.6) is 0 Å². The summed E-state index contributed by atoms with van der Waals surface area (Å²) in [6.45, 7) is 4.93. The van der Waals surface area contributed by atoms with Crippen LogP contribution in [-0.4, -0.2) is 34.2 Å². The first-order valence-corrected chi connectivity index (χ1v) is 11.0. The van der Waals surface area contributed by atoms with Gasteiger partial charge in [0, 0.05) is 35.4 Å². The lowest BCUT2D eigenvalue weighted by Crippen LogP contribution is -2.39. The van der Waals surface area contributed by atoms with E-state index < -0.39 is 0 Å². The van der Waals surface area contributed by atoms with E-state index in [9.17, 15) is 9.59 Å². The molecule has 0 fully saturated rings. The molecule has 4 rings (SSSR count). The van der Waals surface area contributed by atoms with Gasteiger partial charge in [-0.2, -0.15) is 0 Å². The highest BCUT2D eigenvalue weighted by molar-refractivity contribution is 7.99. The average molecular weight is 434 g/mol. The van der Waals surface area contributed by atoms with Crippen LogP contribution in [0.4, 0.5) is 16.2 Å². The van der Waals surface area contributed by atoms with Crippen molar-refractivity contribution in [2.24, 2.45) is 0 Å². The first kappa shape index (κ1) is 20.9. The predicted molar refractivity (Wildman–Crippen MR) is 123 cm³/mol. The highest BCUT2D eigenvalue weighted by Crippen LogP contribution is 2.36. The molecule has 2 N–H and O–H groups in total. The van der Waals surface area contributed by atoms with E-state index in [-0.39, 0.29) is 11.9 Å². The minimum absolute atomic E-state index is 0.192. The van der Waals surface area contributed by atoms with Gasteiger partial charge in [-0.3, -0.25) is 14.7 Å². The first-order chi connectivity index (χ1) is 15.0. The zero-order chi connectivity index (χ0) is 21.8. The van der Waals surface area contributed by atoms with Crippen molar-refractivity contribution in [3.05, 3.63) is 77.2 Å². The second kappa shape index (κ2) is 9.18. The Balaban J connectivity index is 1.41. The van der Waals surface area contributed by atoms with Crippen LogP contribution in [-0.2, 0) is 6.54 Å². The zero-order valence-corrected chi connectivity index (χ0v) is 18.2. The summed E-state index contributed by atoms with van der Waals surface area (Å²) < 4.78 is 0. The van der Waals surface area contributed by atoms with E-state index >= 15 is 0 Å². The molecular formula is C23H23N5O2S. The Morgan fingerprint density at radius 3 is 2.68 bits per heavy atom. The van der Waals surface area contributed by atoms with Gasteiger partial charge in [-0.1, -0.05) is 6.07 Å². The Labute approximate surface area is 185 Å². The van der Waals surface area contributed by atoms with E-state index in [0.29, 0.717) is 24.3 Å². The molecule has 8 heteroatoms. The molecular weight excluding hydrogens is 410 g/mol. The van der Waals surface area contributed by atoms with Crippen LogP contribution in [0.1, 0.15) is 27.3 Å². The quantitative estimate of drug-likeness (QED) is 0.645. The normalized spacial score (nSPS) is 12.8. The van der Waals surface area contributed by atoms with Crippen molar-refractivity contribution in [1.82, 2.24) is 15.3 Å². The largest absolute Gasteiger partial charge is 0.346 e. The van der Waals surface area contributed by atoms with Crippen LogP contribution in [0, 0.1) is 13.8 Å². The van der Waals surface area contributed by atoms with Gasteiger partial charge in [-0.25, -0.2) is 9.78 Å². The van der Waals surface area contributed by atoms with E-state index in [1.54, 1.807) is 47.1 Å². The van der Waals surface area contributed by atoms with E-state index in [0.717, 1.165) is 33.4 Å². The molecule has 3 heterocycles. The molecule has 0 unspecified atom stereocenters. The molecule has 3 amide bonds. The van der Waals surface area contributed by atoms with Gasteiger partial charge >= 0.3 is 6.03 Å². The van der Waals surface area contributed by atoms with Gasteiger partial charge in [-0.05, 0) is 61.9 Å². The number of carbonyl (C=O) groups is 2. The Kier molecular flexibility index (Phi) is 6.18. The fourth-order valence-electron chi connectivity index (χ4n) is 3.44. The number of hydrogen-bond donors (Lipinski definition) is 2. The van der Waals surface area contributed by atoms with Crippen LogP contribution in [0.15, 0.2) is 59.8 Å². The number of nitrogens with zero attached hydrogens (tertiary/aromatic N) is 3. The second-order valence-electron chi connectivity index (χ2n) is 7.25. The lowest BCUT2D eigenvalue weighted by Gasteiger charge is -2.30. The number of carbonyl (C=O) groups excluding carboxylic acids is 2. The Hall–Kier alpha value is -3.39. The van der Waals surface area contributed by atoms with Gasteiger partial charge < -0.3 is 10.6 Å². The van der Waals surface area contributed by atoms with Gasteiger partial charge in [0.15, 0.2) is 0 Å². The number of urea groups is 1. The van der Waals surface area contributed by atoms with Gasteiger partial charge in [0.1, 0.15) is 5.03 Å². The minimum atomic E-state index is -0.206. The molecule has 2 aromatic heterocycles. The molecule has 7 nitrogen and oxygen atoms in total. The average Bonchev–Trinajstić information content (AvgIpc) is 2.78. The maximum Gasteiger partial charge on any atom is 0.326 e. The molecule has 31 heavy (non-hydrogen) atoms. The molecule has 0 aliphatic carbocycles. The third-order valence-corrected chi connectivity index (χ3v) is 5.85. The highest BCUT2D eigenvalue weighted by Gasteiger charge is 2.26. The van der Waals surface area contributed by atoms with Crippen molar-refractivity contribution < 1.29 is 9.59 Å². The van der Waals surface area contributed by atoms with Crippen LogP contribution >= 0.6 is 11.8 Å². The van der Waals surface area contributed by atoms with Crippen molar-refractivity contribution in [2.75, 3.05) is 22.5 Å². The summed E-state index contributed by atoms with van der Waals surface area (Å²) in [6.07, 6.45) is 1.69. The molecule has 0 radical (unpaired) electrons. The van der Waals surface area contributed by atoms with Crippen molar-refractivity contribution in [2.45, 2.75) is 25.4 Å². The van der Waals surface area contributed by atoms with Gasteiger partial charge in [0.2, 0.25) is 0 Å². The lowest BCUT2D eigenvalue weighted by atomic mass is 10.2. The summed E-state index contributed by atoms with van der Waals surface area (Å²) in [6, 6.07) is 14.2. The highest BCUT2D eigenvalue weighted by atomic mass is 32.2. The molecule has 158 valence electrons. The van der Waals surface area contributed by atoms with Gasteiger partial charge in [0.25, 0.3) is 5.91 Å². The molecule has 0 bridgehead atoms. The third kappa shape index (κ3) is 4.86. The first-order valence-electron chi connectivity index (χ1n) is 9.99. The summed E-state index contributed by atoms with van der Waals surface area (Å²) in [5.41, 5.74) is 4.78. The number of amides is 3. The van der Waals surface area contributed by atoms with Crippen LogP contribution < -0.4 is 15.5 Å². The molecule has 0 atom stereocenters. The van der Waals surface area contributed by atoms with E-state index in [4.69, 9.17) is 0 Å². The van der Waals surface area contributed by atoms with Crippen molar-refractivity contribution in [3.8, 4) is 0 Å². The zero-order valence-electron chi connectivity index (χ0n) is 17.4. The summed E-state index contributed by atoms with van der Waals surface area (Å²) >= 11 is 1.67. The lowest BCUT2D eigenvalue weighted by molar-refractivity contribution is 0.0950. The Morgan fingerprint density at radius 1 is 1.13 bits per heavy atom. The Morgan fingerprint density at radius 2 is 1.94 bits per heavy atom. The number of aromatic nitrogens is 2. The fourth-order valence-corrected chi connectivity index (χ4v) is 4.53. The van der Waals surface area contributed by atoms with Crippen molar-refractivity contribution in [3.63, 3.8) is 0 Å². The number of rotatable bonds is 4. The molecule has 0 saturated carbocycles. The number of fused-ring (bicyclic) bond motifs is 1. The predicted octanol–water partition coefficient (Wildman–Crippen LogP) is 4.17. The molecule has 3 aromatic rings. The van der Waals surface area contributed by atoms with Crippen LogP contribution in [0.2, 0.25) is 0 Å². The number of pyridine rings is 2. The molecule has 1 aromatic carbocycles. The van der Waals surface area contributed by atoms with Gasteiger partial charge in [0.05, 0.1) is 17.9 Å². The van der Waals surface area contributed by atoms with E-state index in [1.807, 2.05) is 38.1 Å². The summed E-state index contributed by atoms with van der Waals surface area (Å²) in [7, 11) is 0. The standard InChI is InChI=1S/C23H23N5O2S/c1-15-13-16(2)26-22-20(15)28(11-12-31-22)23(30)27-18-8-6-17(7-9-18)21(29)25-14-19-5-3-4-10-24-19/h3-10,13H,11-12,14H2,1-2H3,(H,25,29)(H,27,30). The SMILES string of the molecule is Cc1cc(C)c2c(n1)SCCN2C(=O)Nc1ccc(C(=O)NCc2ccccn2)cc1. The van der Waals surface area contributed by atoms with E-state index in [2.05, 4.69) is 20.6 Å². The number of benzene rings is 1. The molecule has 0 spiro atoms. The molecule has 0 saturated heterocycles. The number of nitrogens with one attached hydrogen (secondary N) is 2. The summed E-state index contributed by atoms with van der Waals surface area (Å²) in [4.78, 5) is 35.8. The summed E-state index contributed by atoms with van der Waals surface area (Å²) in [5.74, 6) is 0.605. The second-order valence-corrected chi connectivity index (χ2v) is 8.33. The number of hydrogen-bond acceptors (Lipinski definition) is 5. The third-order valence-electron chi connectivity index (χ3n) is 4.90. The van der Waals surface area contributed by atoms with Crippen LogP contribution in [0.3, 0.4) is 0 Å². The van der Waals surface area contributed by atoms with Crippen LogP contribution in [0.25, 0.3) is 0 Å². The number of aryl methyl sites for hydroxylation is 2. The maximum atomic E-state index is 12.9. The smallest absolute Gasteiger partial charge is 0.326 e. The summed E-state index contributed by atoms with van der Waals surface area (Å²) in [5, 5.41) is 6.66.